The van der Waals surface area contributed by atoms with Crippen LogP contribution in [0.5, 0.6) is 11.5 Å². The molecule has 0 atom stereocenters. The maximum Gasteiger partial charge on any atom is 0.321 e. The van der Waals surface area contributed by atoms with Crippen LogP contribution < -0.4 is 14.8 Å². The van der Waals surface area contributed by atoms with Crippen LogP contribution in [0.2, 0.25) is 5.02 Å². The third-order valence-electron chi connectivity index (χ3n) is 4.71. The number of ether oxygens (including phenoxy) is 2. The van der Waals surface area contributed by atoms with Crippen molar-refractivity contribution in [3.8, 4) is 11.5 Å². The van der Waals surface area contributed by atoms with Gasteiger partial charge < -0.3 is 24.6 Å². The van der Waals surface area contributed by atoms with Crippen LogP contribution in [0.3, 0.4) is 0 Å². The molecule has 2 aromatic carbocycles. The maximum atomic E-state index is 13.0. The van der Waals surface area contributed by atoms with E-state index in [2.05, 4.69) is 5.32 Å². The summed E-state index contributed by atoms with van der Waals surface area (Å²) in [6.07, 6.45) is 0. The number of hydrogen-bond donors (Lipinski definition) is 1. The summed E-state index contributed by atoms with van der Waals surface area (Å²) >= 11 is 6.27. The van der Waals surface area contributed by atoms with Crippen molar-refractivity contribution in [2.45, 2.75) is 6.92 Å². The van der Waals surface area contributed by atoms with E-state index in [9.17, 15) is 14.0 Å². The molecule has 3 amide bonds. The number of halogens is 2. The highest BCUT2D eigenvalue weighted by molar-refractivity contribution is 6.32. The Hall–Kier alpha value is -3.00. The molecular weight excluding hydrogens is 413 g/mol. The smallest absolute Gasteiger partial charge is 0.321 e. The number of rotatable bonds is 5. The lowest BCUT2D eigenvalue weighted by Gasteiger charge is -2.34. The van der Waals surface area contributed by atoms with Gasteiger partial charge in [0.25, 0.3) is 5.91 Å². The Bertz CT molecular complexity index is 915. The summed E-state index contributed by atoms with van der Waals surface area (Å²) in [7, 11) is 1.49. The summed E-state index contributed by atoms with van der Waals surface area (Å²) in [6.45, 7) is 3.76. The van der Waals surface area contributed by atoms with Crippen LogP contribution in [0.15, 0.2) is 36.4 Å². The Morgan fingerprint density at radius 1 is 1.10 bits per heavy atom. The van der Waals surface area contributed by atoms with Crippen molar-refractivity contribution in [2.75, 3.05) is 45.2 Å². The monoisotopic (exact) mass is 435 g/mol. The number of methoxy groups -OCH3 is 1. The molecule has 160 valence electrons. The lowest BCUT2D eigenvalue weighted by molar-refractivity contribution is 0.0671. The van der Waals surface area contributed by atoms with Crippen molar-refractivity contribution in [3.05, 3.63) is 52.8 Å². The third-order valence-corrected chi connectivity index (χ3v) is 5.00. The number of nitrogens with zero attached hydrogens (tertiary/aromatic N) is 2. The van der Waals surface area contributed by atoms with Crippen molar-refractivity contribution < 1.29 is 23.5 Å². The molecule has 30 heavy (non-hydrogen) atoms. The van der Waals surface area contributed by atoms with E-state index >= 15 is 0 Å². The Kier molecular flexibility index (Phi) is 6.99. The predicted molar refractivity (Wildman–Crippen MR) is 112 cm³/mol. The molecule has 0 unspecified atom stereocenters. The number of anilines is 1. The van der Waals surface area contributed by atoms with E-state index in [-0.39, 0.29) is 17.8 Å². The summed E-state index contributed by atoms with van der Waals surface area (Å²) in [5.41, 5.74) is 0.903. The normalized spacial score (nSPS) is 13.7. The molecule has 0 radical (unpaired) electrons. The fourth-order valence-electron chi connectivity index (χ4n) is 3.16. The average molecular weight is 436 g/mol. The minimum absolute atomic E-state index is 0.197. The van der Waals surface area contributed by atoms with E-state index in [1.165, 1.54) is 31.4 Å². The van der Waals surface area contributed by atoms with E-state index in [1.54, 1.807) is 21.9 Å². The zero-order chi connectivity index (χ0) is 21.7. The molecule has 1 heterocycles. The van der Waals surface area contributed by atoms with E-state index < -0.39 is 0 Å². The van der Waals surface area contributed by atoms with Crippen LogP contribution >= 0.6 is 11.6 Å². The van der Waals surface area contributed by atoms with Gasteiger partial charge in [-0.05, 0) is 43.3 Å². The van der Waals surface area contributed by atoms with Crippen LogP contribution in [-0.2, 0) is 0 Å². The predicted octanol–water partition coefficient (Wildman–Crippen LogP) is 3.88. The molecule has 0 spiro atoms. The van der Waals surface area contributed by atoms with Crippen LogP contribution in [0.25, 0.3) is 0 Å². The van der Waals surface area contributed by atoms with E-state index in [0.29, 0.717) is 60.6 Å². The van der Waals surface area contributed by atoms with Crippen molar-refractivity contribution in [3.63, 3.8) is 0 Å². The fourth-order valence-corrected chi connectivity index (χ4v) is 3.42. The van der Waals surface area contributed by atoms with Gasteiger partial charge in [0.15, 0.2) is 11.5 Å². The maximum absolute atomic E-state index is 13.0. The van der Waals surface area contributed by atoms with Gasteiger partial charge in [0, 0.05) is 37.4 Å². The summed E-state index contributed by atoms with van der Waals surface area (Å²) in [4.78, 5) is 28.6. The highest BCUT2D eigenvalue weighted by Gasteiger charge is 2.26. The molecule has 1 saturated heterocycles. The molecule has 0 saturated carbocycles. The second-order valence-electron chi connectivity index (χ2n) is 6.64. The van der Waals surface area contributed by atoms with Gasteiger partial charge in [0.1, 0.15) is 5.82 Å². The summed E-state index contributed by atoms with van der Waals surface area (Å²) < 4.78 is 23.8. The van der Waals surface area contributed by atoms with Gasteiger partial charge in [0.2, 0.25) is 0 Å². The molecular formula is C21H23ClFN3O4. The van der Waals surface area contributed by atoms with Gasteiger partial charge in [-0.25, -0.2) is 9.18 Å². The van der Waals surface area contributed by atoms with E-state index in [1.807, 2.05) is 6.92 Å². The third kappa shape index (κ3) is 4.94. The molecule has 1 N–H and O–H groups in total. The van der Waals surface area contributed by atoms with Crippen LogP contribution in [0.4, 0.5) is 14.9 Å². The first-order chi connectivity index (χ1) is 14.4. The zero-order valence-electron chi connectivity index (χ0n) is 16.8. The Morgan fingerprint density at radius 2 is 1.73 bits per heavy atom. The van der Waals surface area contributed by atoms with Crippen LogP contribution in [-0.4, -0.2) is 61.6 Å². The number of carbonyl (C=O) groups excluding carboxylic acids is 2. The van der Waals surface area contributed by atoms with Gasteiger partial charge in [-0.1, -0.05) is 11.6 Å². The standard InChI is InChI=1S/C21H23ClFN3O4/c1-3-30-19-17(22)12-14(13-18(19)29-2)20(27)25-8-10-26(11-9-25)21(28)24-16-6-4-15(23)5-7-16/h4-7,12-13H,3,8-11H2,1-2H3,(H,24,28). The highest BCUT2D eigenvalue weighted by Crippen LogP contribution is 2.36. The number of hydrogen-bond acceptors (Lipinski definition) is 4. The Balaban J connectivity index is 1.61. The number of carbonyl (C=O) groups is 2. The molecule has 9 heteroatoms. The lowest BCUT2D eigenvalue weighted by atomic mass is 10.1. The molecule has 0 aromatic heterocycles. The lowest BCUT2D eigenvalue weighted by Crippen LogP contribution is -2.51. The minimum atomic E-state index is -0.369. The van der Waals surface area contributed by atoms with Gasteiger partial charge in [0.05, 0.1) is 18.7 Å². The van der Waals surface area contributed by atoms with Crippen molar-refractivity contribution >= 4 is 29.2 Å². The molecule has 3 rings (SSSR count). The zero-order valence-corrected chi connectivity index (χ0v) is 17.5. The van der Waals surface area contributed by atoms with Gasteiger partial charge in [-0.3, -0.25) is 4.79 Å². The first-order valence-corrected chi connectivity index (χ1v) is 9.91. The quantitative estimate of drug-likeness (QED) is 0.773. The number of amides is 3. The summed E-state index contributed by atoms with van der Waals surface area (Å²) in [5, 5.41) is 3.03. The first-order valence-electron chi connectivity index (χ1n) is 9.54. The molecule has 2 aromatic rings. The number of nitrogens with one attached hydrogen (secondary N) is 1. The second-order valence-corrected chi connectivity index (χ2v) is 7.05. The second kappa shape index (κ2) is 9.67. The molecule has 0 aliphatic carbocycles. The summed E-state index contributed by atoms with van der Waals surface area (Å²) in [5.74, 6) is 0.230. The van der Waals surface area contributed by atoms with E-state index in [4.69, 9.17) is 21.1 Å². The van der Waals surface area contributed by atoms with Crippen molar-refractivity contribution in [1.82, 2.24) is 9.80 Å². The molecule has 0 bridgehead atoms. The molecule has 1 aliphatic rings. The van der Waals surface area contributed by atoms with Gasteiger partial charge in [-0.2, -0.15) is 0 Å². The van der Waals surface area contributed by atoms with Gasteiger partial charge in [-0.15, -0.1) is 0 Å². The largest absolute Gasteiger partial charge is 0.493 e. The fraction of sp³-hybridized carbons (Fsp3) is 0.333. The topological polar surface area (TPSA) is 71.1 Å². The van der Waals surface area contributed by atoms with Crippen LogP contribution in [0.1, 0.15) is 17.3 Å². The minimum Gasteiger partial charge on any atom is -0.493 e. The number of benzene rings is 2. The number of urea groups is 1. The van der Waals surface area contributed by atoms with Gasteiger partial charge >= 0.3 is 6.03 Å². The van der Waals surface area contributed by atoms with Crippen LogP contribution in [0, 0.1) is 5.82 Å². The summed E-state index contributed by atoms with van der Waals surface area (Å²) in [6, 6.07) is 8.42. The van der Waals surface area contributed by atoms with Crippen molar-refractivity contribution in [1.29, 1.82) is 0 Å². The first kappa shape index (κ1) is 21.7. The SMILES string of the molecule is CCOc1c(Cl)cc(C(=O)N2CCN(C(=O)Nc3ccc(F)cc3)CC2)cc1OC. The highest BCUT2D eigenvalue weighted by atomic mass is 35.5. The Labute approximate surface area is 179 Å². The molecule has 1 aliphatic heterocycles. The average Bonchev–Trinajstić information content (AvgIpc) is 2.76. The molecule has 1 fully saturated rings. The molecule has 7 nitrogen and oxygen atoms in total. The Morgan fingerprint density at radius 3 is 2.33 bits per heavy atom. The van der Waals surface area contributed by atoms with Crippen molar-refractivity contribution in [2.24, 2.45) is 0 Å². The number of piperazine rings is 1. The van der Waals surface area contributed by atoms with E-state index in [0.717, 1.165) is 0 Å².